The second-order valence-corrected chi connectivity index (χ2v) is 7.73. The molecule has 4 heteroatoms. The third kappa shape index (κ3) is 2.39. The fourth-order valence-corrected chi connectivity index (χ4v) is 4.30. The summed E-state index contributed by atoms with van der Waals surface area (Å²) in [7, 11) is 0. The molecule has 1 aromatic rings. The first-order chi connectivity index (χ1) is 11.1. The number of hydrogen-bond acceptors (Lipinski definition) is 3. The zero-order chi connectivity index (χ0) is 16.1. The van der Waals surface area contributed by atoms with Crippen molar-refractivity contribution in [1.29, 1.82) is 0 Å². The van der Waals surface area contributed by atoms with Crippen LogP contribution >= 0.6 is 0 Å². The normalized spacial score (nSPS) is 30.5. The summed E-state index contributed by atoms with van der Waals surface area (Å²) in [5.41, 5.74) is 1.96. The highest BCUT2D eigenvalue weighted by atomic mass is 16.5. The second-order valence-electron chi connectivity index (χ2n) is 7.73. The molecule has 3 aliphatic rings. The van der Waals surface area contributed by atoms with Crippen LogP contribution in [0.15, 0.2) is 24.3 Å². The van der Waals surface area contributed by atoms with E-state index in [0.29, 0.717) is 19.6 Å². The number of aliphatic hydroxyl groups excluding tert-OH is 1. The van der Waals surface area contributed by atoms with Gasteiger partial charge in [0, 0.05) is 30.2 Å². The lowest BCUT2D eigenvalue weighted by atomic mass is 9.58. The lowest BCUT2D eigenvalue weighted by molar-refractivity contribution is -0.145. The summed E-state index contributed by atoms with van der Waals surface area (Å²) < 4.78 is 5.44. The van der Waals surface area contributed by atoms with Gasteiger partial charge in [-0.05, 0) is 49.1 Å². The topological polar surface area (TPSA) is 58.6 Å². The summed E-state index contributed by atoms with van der Waals surface area (Å²) in [5.74, 6) is 0.0106. The highest BCUT2D eigenvalue weighted by molar-refractivity contribution is 5.96. The molecule has 2 N–H and O–H groups in total. The van der Waals surface area contributed by atoms with Gasteiger partial charge in [0.2, 0.25) is 0 Å². The molecule has 2 saturated carbocycles. The molecule has 1 saturated heterocycles. The van der Waals surface area contributed by atoms with Crippen LogP contribution in [0.4, 0.5) is 0 Å². The molecule has 1 heterocycles. The molecule has 3 fully saturated rings. The molecule has 1 amide bonds. The van der Waals surface area contributed by atoms with Gasteiger partial charge in [-0.25, -0.2) is 0 Å². The second kappa shape index (κ2) is 5.32. The van der Waals surface area contributed by atoms with Crippen molar-refractivity contribution >= 4 is 5.91 Å². The van der Waals surface area contributed by atoms with Crippen molar-refractivity contribution in [2.45, 2.75) is 56.6 Å². The number of ether oxygens (including phenoxy) is 1. The first kappa shape index (κ1) is 15.2. The van der Waals surface area contributed by atoms with Crippen LogP contribution in [-0.2, 0) is 10.2 Å². The molecule has 4 nitrogen and oxygen atoms in total. The predicted octanol–water partition coefficient (Wildman–Crippen LogP) is 2.40. The Balaban J connectivity index is 1.53. The summed E-state index contributed by atoms with van der Waals surface area (Å²) in [5, 5.41) is 13.5. The average molecular weight is 315 g/mol. The van der Waals surface area contributed by atoms with E-state index in [1.807, 2.05) is 18.2 Å². The van der Waals surface area contributed by atoms with Crippen molar-refractivity contribution in [2.75, 3.05) is 13.2 Å². The van der Waals surface area contributed by atoms with Crippen molar-refractivity contribution in [2.24, 2.45) is 5.41 Å². The lowest BCUT2D eigenvalue weighted by Crippen LogP contribution is -2.65. The van der Waals surface area contributed by atoms with E-state index in [0.717, 1.165) is 31.2 Å². The maximum atomic E-state index is 12.9. The molecule has 4 rings (SSSR count). The molecule has 1 aromatic carbocycles. The Morgan fingerprint density at radius 1 is 1.22 bits per heavy atom. The molecule has 1 aliphatic heterocycles. The van der Waals surface area contributed by atoms with Crippen LogP contribution in [0.2, 0.25) is 0 Å². The van der Waals surface area contributed by atoms with Gasteiger partial charge in [-0.1, -0.05) is 25.1 Å². The van der Waals surface area contributed by atoms with Gasteiger partial charge < -0.3 is 15.2 Å². The number of rotatable bonds is 3. The van der Waals surface area contributed by atoms with Gasteiger partial charge in [0.25, 0.3) is 5.91 Å². The lowest BCUT2D eigenvalue weighted by Gasteiger charge is -2.55. The smallest absolute Gasteiger partial charge is 0.251 e. The highest BCUT2D eigenvalue weighted by Crippen LogP contribution is 2.50. The molecule has 0 radical (unpaired) electrons. The van der Waals surface area contributed by atoms with Crippen LogP contribution in [0.25, 0.3) is 0 Å². The van der Waals surface area contributed by atoms with Crippen molar-refractivity contribution in [1.82, 2.24) is 5.32 Å². The highest BCUT2D eigenvalue weighted by Gasteiger charge is 2.55. The third-order valence-corrected chi connectivity index (χ3v) is 6.37. The van der Waals surface area contributed by atoms with E-state index in [1.165, 1.54) is 5.56 Å². The number of carbonyl (C=O) groups is 1. The largest absolute Gasteiger partial charge is 0.392 e. The van der Waals surface area contributed by atoms with Crippen LogP contribution in [0.1, 0.15) is 54.9 Å². The third-order valence-electron chi connectivity index (χ3n) is 6.37. The summed E-state index contributed by atoms with van der Waals surface area (Å²) in [6, 6.07) is 8.03. The zero-order valence-corrected chi connectivity index (χ0v) is 13.7. The van der Waals surface area contributed by atoms with Crippen LogP contribution in [0, 0.1) is 5.41 Å². The van der Waals surface area contributed by atoms with Crippen molar-refractivity contribution < 1.29 is 14.6 Å². The summed E-state index contributed by atoms with van der Waals surface area (Å²) in [6.45, 7) is 3.59. The molecule has 1 spiro atoms. The minimum Gasteiger partial charge on any atom is -0.392 e. The van der Waals surface area contributed by atoms with Crippen LogP contribution in [0.5, 0.6) is 0 Å². The number of hydrogen-bond donors (Lipinski definition) is 2. The van der Waals surface area contributed by atoms with E-state index < -0.39 is 0 Å². The predicted molar refractivity (Wildman–Crippen MR) is 87.4 cm³/mol. The van der Waals surface area contributed by atoms with E-state index >= 15 is 0 Å². The molecule has 2 atom stereocenters. The number of nitrogens with one attached hydrogen (secondary N) is 1. The molecule has 0 aromatic heterocycles. The van der Waals surface area contributed by atoms with Gasteiger partial charge in [0.05, 0.1) is 6.10 Å². The molecular formula is C19H25NO3. The fourth-order valence-electron chi connectivity index (χ4n) is 4.30. The van der Waals surface area contributed by atoms with Crippen LogP contribution in [-0.4, -0.2) is 36.4 Å². The van der Waals surface area contributed by atoms with Gasteiger partial charge in [-0.3, -0.25) is 4.79 Å². The average Bonchev–Trinajstić information content (AvgIpc) is 3.34. The Hall–Kier alpha value is -1.39. The van der Waals surface area contributed by atoms with Gasteiger partial charge >= 0.3 is 0 Å². The van der Waals surface area contributed by atoms with E-state index in [1.54, 1.807) is 0 Å². The first-order valence-corrected chi connectivity index (χ1v) is 8.71. The quantitative estimate of drug-likeness (QED) is 0.900. The van der Waals surface area contributed by atoms with Gasteiger partial charge in [0.15, 0.2) is 0 Å². The standard InChI is InChI=1S/C19H25NO3/c1-18(6-7-18)14-5-3-2-4-13(14)17(22)20-15-12-16(21)19(15)8-10-23-11-9-19/h2-5,15-16,21H,6-12H2,1H3,(H,20,22)/t15-,16-/m1/s1. The Morgan fingerprint density at radius 2 is 1.91 bits per heavy atom. The molecule has 0 bridgehead atoms. The molecular weight excluding hydrogens is 290 g/mol. The minimum atomic E-state index is -0.312. The van der Waals surface area contributed by atoms with Crippen LogP contribution in [0.3, 0.4) is 0 Å². The van der Waals surface area contributed by atoms with Crippen molar-refractivity contribution in [3.63, 3.8) is 0 Å². The van der Waals surface area contributed by atoms with Crippen molar-refractivity contribution in [3.05, 3.63) is 35.4 Å². The van der Waals surface area contributed by atoms with E-state index in [2.05, 4.69) is 18.3 Å². The zero-order valence-electron chi connectivity index (χ0n) is 13.7. The maximum absolute atomic E-state index is 12.9. The number of carbonyl (C=O) groups excluding carboxylic acids is 1. The Kier molecular flexibility index (Phi) is 3.50. The maximum Gasteiger partial charge on any atom is 0.251 e. The fraction of sp³-hybridized carbons (Fsp3) is 0.632. The number of benzene rings is 1. The SMILES string of the molecule is CC1(c2ccccc2C(=O)N[C@@H]2C[C@@H](O)C23CCOCC3)CC1. The Bertz CT molecular complexity index is 617. The minimum absolute atomic E-state index is 0.0106. The van der Waals surface area contributed by atoms with Gasteiger partial charge in [-0.15, -0.1) is 0 Å². The number of aliphatic hydroxyl groups is 1. The first-order valence-electron chi connectivity index (χ1n) is 8.71. The molecule has 2 aliphatic carbocycles. The van der Waals surface area contributed by atoms with E-state index in [9.17, 15) is 9.90 Å². The molecule has 0 unspecified atom stereocenters. The summed E-state index contributed by atoms with van der Waals surface area (Å²) in [6.07, 6.45) is 4.32. The summed E-state index contributed by atoms with van der Waals surface area (Å²) in [4.78, 5) is 12.9. The number of amides is 1. The van der Waals surface area contributed by atoms with Crippen LogP contribution < -0.4 is 5.32 Å². The van der Waals surface area contributed by atoms with Gasteiger partial charge in [-0.2, -0.15) is 0 Å². The Morgan fingerprint density at radius 3 is 2.57 bits per heavy atom. The summed E-state index contributed by atoms with van der Waals surface area (Å²) >= 11 is 0. The van der Waals surface area contributed by atoms with E-state index in [-0.39, 0.29) is 28.9 Å². The monoisotopic (exact) mass is 315 g/mol. The van der Waals surface area contributed by atoms with Gasteiger partial charge in [0.1, 0.15) is 0 Å². The van der Waals surface area contributed by atoms with Crippen molar-refractivity contribution in [3.8, 4) is 0 Å². The molecule has 23 heavy (non-hydrogen) atoms. The Labute approximate surface area is 137 Å². The van der Waals surface area contributed by atoms with E-state index in [4.69, 9.17) is 4.74 Å². The molecule has 124 valence electrons.